The Bertz CT molecular complexity index is 792. The van der Waals surface area contributed by atoms with E-state index < -0.39 is 0 Å². The van der Waals surface area contributed by atoms with Crippen molar-refractivity contribution in [2.45, 2.75) is 20.3 Å². The molecule has 0 aliphatic heterocycles. The molecule has 0 bridgehead atoms. The lowest BCUT2D eigenvalue weighted by Gasteiger charge is -2.12. The van der Waals surface area contributed by atoms with E-state index in [-0.39, 0.29) is 11.8 Å². The molecule has 1 aromatic carbocycles. The molecule has 2 heterocycles. The van der Waals surface area contributed by atoms with Gasteiger partial charge in [0.25, 0.3) is 0 Å². The first-order valence-corrected chi connectivity index (χ1v) is 7.92. The number of nitrogens with one attached hydrogen (secondary N) is 1. The maximum atomic E-state index is 12.3. The number of hydrogen-bond acceptors (Lipinski definition) is 3. The van der Waals surface area contributed by atoms with Crippen LogP contribution in [0, 0.1) is 12.8 Å². The van der Waals surface area contributed by atoms with Crippen LogP contribution in [-0.4, -0.2) is 20.4 Å². The fourth-order valence-corrected chi connectivity index (χ4v) is 2.44. The molecular weight excluding hydrogens is 300 g/mol. The molecule has 2 aromatic heterocycles. The van der Waals surface area contributed by atoms with Crippen molar-refractivity contribution in [2.24, 2.45) is 5.92 Å². The predicted octanol–water partition coefficient (Wildman–Crippen LogP) is 3.39. The van der Waals surface area contributed by atoms with Crippen LogP contribution in [0.15, 0.2) is 61.3 Å². The second-order valence-corrected chi connectivity index (χ2v) is 5.96. The number of aryl methyl sites for hydroxylation is 1. The summed E-state index contributed by atoms with van der Waals surface area (Å²) in [7, 11) is 0. The van der Waals surface area contributed by atoms with Crippen molar-refractivity contribution in [3.05, 3.63) is 72.4 Å². The number of nitrogens with zero attached hydrogens (tertiary/aromatic N) is 3. The third kappa shape index (κ3) is 3.87. The van der Waals surface area contributed by atoms with E-state index in [1.54, 1.807) is 18.7 Å². The quantitative estimate of drug-likeness (QED) is 0.784. The van der Waals surface area contributed by atoms with Crippen molar-refractivity contribution in [1.82, 2.24) is 14.5 Å². The number of imidazole rings is 1. The van der Waals surface area contributed by atoms with Gasteiger partial charge in [-0.25, -0.2) is 9.97 Å². The average Bonchev–Trinajstić information content (AvgIpc) is 3.12. The van der Waals surface area contributed by atoms with E-state index in [1.807, 2.05) is 29.8 Å². The largest absolute Gasteiger partial charge is 0.324 e. The van der Waals surface area contributed by atoms with Gasteiger partial charge < -0.3 is 5.32 Å². The summed E-state index contributed by atoms with van der Waals surface area (Å²) in [6, 6.07) is 12.0. The molecule has 0 saturated heterocycles. The number of carbonyl (C=O) groups excluding carboxylic acids is 1. The fraction of sp³-hybridized carbons (Fsp3) is 0.211. The number of amides is 1. The summed E-state index contributed by atoms with van der Waals surface area (Å²) in [4.78, 5) is 20.7. The van der Waals surface area contributed by atoms with Crippen LogP contribution >= 0.6 is 0 Å². The molecule has 1 amide bonds. The van der Waals surface area contributed by atoms with Crippen LogP contribution in [0.1, 0.15) is 18.1 Å². The van der Waals surface area contributed by atoms with Gasteiger partial charge in [-0.15, -0.1) is 0 Å². The lowest BCUT2D eigenvalue weighted by molar-refractivity contribution is -0.119. The van der Waals surface area contributed by atoms with Crippen LogP contribution in [0.25, 0.3) is 5.82 Å². The van der Waals surface area contributed by atoms with Gasteiger partial charge in [-0.05, 0) is 31.0 Å². The van der Waals surface area contributed by atoms with E-state index in [9.17, 15) is 4.79 Å². The molecule has 5 nitrogen and oxygen atoms in total. The van der Waals surface area contributed by atoms with Crippen LogP contribution < -0.4 is 5.32 Å². The first kappa shape index (κ1) is 15.9. The molecule has 0 saturated carbocycles. The smallest absolute Gasteiger partial charge is 0.227 e. The second-order valence-electron chi connectivity index (χ2n) is 5.96. The minimum absolute atomic E-state index is 0.00671. The van der Waals surface area contributed by atoms with E-state index in [2.05, 4.69) is 46.5 Å². The van der Waals surface area contributed by atoms with Crippen LogP contribution in [0.5, 0.6) is 0 Å². The van der Waals surface area contributed by atoms with Crippen LogP contribution in [0.2, 0.25) is 0 Å². The molecule has 122 valence electrons. The molecular formula is C19H20N4O. The highest BCUT2D eigenvalue weighted by molar-refractivity contribution is 5.92. The monoisotopic (exact) mass is 320 g/mol. The number of pyridine rings is 1. The molecule has 0 radical (unpaired) electrons. The lowest BCUT2D eigenvalue weighted by Crippen LogP contribution is -2.22. The second kappa shape index (κ2) is 7.08. The molecule has 3 aromatic rings. The van der Waals surface area contributed by atoms with Crippen molar-refractivity contribution < 1.29 is 4.79 Å². The topological polar surface area (TPSA) is 59.8 Å². The summed E-state index contributed by atoms with van der Waals surface area (Å²) in [5.41, 5.74) is 3.08. The fourth-order valence-electron chi connectivity index (χ4n) is 2.44. The highest BCUT2D eigenvalue weighted by Crippen LogP contribution is 2.14. The van der Waals surface area contributed by atoms with Crippen LogP contribution in [0.3, 0.4) is 0 Å². The Morgan fingerprint density at radius 3 is 2.62 bits per heavy atom. The van der Waals surface area contributed by atoms with Crippen molar-refractivity contribution >= 4 is 11.6 Å². The average molecular weight is 320 g/mol. The number of rotatable bonds is 5. The summed E-state index contributed by atoms with van der Waals surface area (Å²) in [6.07, 6.45) is 7.58. The Labute approximate surface area is 141 Å². The molecule has 5 heteroatoms. The first-order valence-electron chi connectivity index (χ1n) is 7.92. The number of aromatic nitrogens is 3. The number of anilines is 1. The summed E-state index contributed by atoms with van der Waals surface area (Å²) >= 11 is 0. The molecule has 24 heavy (non-hydrogen) atoms. The van der Waals surface area contributed by atoms with Crippen LogP contribution in [-0.2, 0) is 11.2 Å². The molecule has 1 unspecified atom stereocenters. The Kier molecular flexibility index (Phi) is 4.70. The van der Waals surface area contributed by atoms with Crippen molar-refractivity contribution in [3.63, 3.8) is 0 Å². The Morgan fingerprint density at radius 1 is 1.21 bits per heavy atom. The van der Waals surface area contributed by atoms with Gasteiger partial charge >= 0.3 is 0 Å². The van der Waals surface area contributed by atoms with E-state index >= 15 is 0 Å². The zero-order valence-electron chi connectivity index (χ0n) is 13.8. The SMILES string of the molecule is Cc1ccc(CC(C)C(=O)Nc2ccc(-n3ccnc3)nc2)cc1. The first-order chi connectivity index (χ1) is 11.6. The zero-order valence-corrected chi connectivity index (χ0v) is 13.8. The molecule has 0 fully saturated rings. The van der Waals surface area contributed by atoms with E-state index in [1.165, 1.54) is 5.56 Å². The molecule has 0 aliphatic rings. The third-order valence-electron chi connectivity index (χ3n) is 3.89. The standard InChI is InChI=1S/C19H20N4O/c1-14-3-5-16(6-4-14)11-15(2)19(24)22-17-7-8-18(21-12-17)23-10-9-20-13-23/h3-10,12-13,15H,11H2,1-2H3,(H,22,24). The number of benzene rings is 1. The van der Waals surface area contributed by atoms with Gasteiger partial charge in [0.2, 0.25) is 5.91 Å². The predicted molar refractivity (Wildman–Crippen MR) is 94.0 cm³/mol. The third-order valence-corrected chi connectivity index (χ3v) is 3.89. The Balaban J connectivity index is 1.60. The van der Waals surface area contributed by atoms with Gasteiger partial charge in [0.05, 0.1) is 11.9 Å². The van der Waals surface area contributed by atoms with E-state index in [4.69, 9.17) is 0 Å². The van der Waals surface area contributed by atoms with Gasteiger partial charge in [0.15, 0.2) is 0 Å². The lowest BCUT2D eigenvalue weighted by atomic mass is 9.99. The normalized spacial score (nSPS) is 11.9. The highest BCUT2D eigenvalue weighted by atomic mass is 16.1. The molecule has 1 N–H and O–H groups in total. The Hall–Kier alpha value is -2.95. The van der Waals surface area contributed by atoms with Crippen molar-refractivity contribution in [1.29, 1.82) is 0 Å². The summed E-state index contributed by atoms with van der Waals surface area (Å²) in [5.74, 6) is 0.645. The summed E-state index contributed by atoms with van der Waals surface area (Å²) < 4.78 is 1.81. The van der Waals surface area contributed by atoms with Gasteiger partial charge in [-0.1, -0.05) is 36.8 Å². The molecule has 0 aliphatic carbocycles. The molecule has 1 atom stereocenters. The summed E-state index contributed by atoms with van der Waals surface area (Å²) in [6.45, 7) is 3.99. The van der Waals surface area contributed by atoms with Gasteiger partial charge in [0, 0.05) is 18.3 Å². The highest BCUT2D eigenvalue weighted by Gasteiger charge is 2.14. The molecule has 0 spiro atoms. The van der Waals surface area contributed by atoms with Gasteiger partial charge in [0.1, 0.15) is 12.1 Å². The minimum Gasteiger partial charge on any atom is -0.324 e. The van der Waals surface area contributed by atoms with Gasteiger partial charge in [-0.3, -0.25) is 9.36 Å². The number of carbonyl (C=O) groups is 1. The number of hydrogen-bond donors (Lipinski definition) is 1. The summed E-state index contributed by atoms with van der Waals surface area (Å²) in [5, 5.41) is 2.92. The van der Waals surface area contributed by atoms with Crippen LogP contribution in [0.4, 0.5) is 5.69 Å². The Morgan fingerprint density at radius 2 is 2.00 bits per heavy atom. The van der Waals surface area contributed by atoms with E-state index in [0.29, 0.717) is 12.1 Å². The maximum absolute atomic E-state index is 12.3. The zero-order chi connectivity index (χ0) is 16.9. The van der Waals surface area contributed by atoms with Crippen molar-refractivity contribution in [3.8, 4) is 5.82 Å². The maximum Gasteiger partial charge on any atom is 0.227 e. The molecule has 3 rings (SSSR count). The van der Waals surface area contributed by atoms with E-state index in [0.717, 1.165) is 11.4 Å². The van der Waals surface area contributed by atoms with Crippen molar-refractivity contribution in [2.75, 3.05) is 5.32 Å². The van der Waals surface area contributed by atoms with Gasteiger partial charge in [-0.2, -0.15) is 0 Å². The minimum atomic E-state index is -0.110.